The van der Waals surface area contributed by atoms with Gasteiger partial charge in [-0.3, -0.25) is 0 Å². The average molecular weight is 314 g/mol. The Morgan fingerprint density at radius 2 is 1.90 bits per heavy atom. The van der Waals surface area contributed by atoms with Gasteiger partial charge in [-0.05, 0) is 59.6 Å². The Morgan fingerprint density at radius 1 is 1.33 bits per heavy atom. The van der Waals surface area contributed by atoms with Crippen LogP contribution in [0.1, 0.15) is 53.4 Å². The van der Waals surface area contributed by atoms with Crippen molar-refractivity contribution in [3.63, 3.8) is 0 Å². The van der Waals surface area contributed by atoms with E-state index in [1.54, 1.807) is 0 Å². The van der Waals surface area contributed by atoms with Gasteiger partial charge in [0, 0.05) is 29.9 Å². The molecule has 0 aromatic carbocycles. The van der Waals surface area contributed by atoms with Crippen LogP contribution in [0.15, 0.2) is 0 Å². The molecule has 2 saturated heterocycles. The lowest BCUT2D eigenvalue weighted by molar-refractivity contribution is 0.00448. The van der Waals surface area contributed by atoms with Crippen LogP contribution in [0.2, 0.25) is 0 Å². The molecule has 2 heterocycles. The van der Waals surface area contributed by atoms with Crippen LogP contribution in [0.5, 0.6) is 0 Å². The van der Waals surface area contributed by atoms with Gasteiger partial charge < -0.3 is 15.0 Å². The number of thioether (sulfide) groups is 1. The Morgan fingerprint density at radius 3 is 2.38 bits per heavy atom. The van der Waals surface area contributed by atoms with Gasteiger partial charge in [0.05, 0.1) is 0 Å². The van der Waals surface area contributed by atoms with Gasteiger partial charge in [0.15, 0.2) is 0 Å². The topological polar surface area (TPSA) is 41.6 Å². The summed E-state index contributed by atoms with van der Waals surface area (Å²) in [6.45, 7) is 8.06. The van der Waals surface area contributed by atoms with Crippen molar-refractivity contribution in [2.45, 2.75) is 83.1 Å². The number of amides is 1. The lowest BCUT2D eigenvalue weighted by atomic mass is 9.97. The zero-order chi connectivity index (χ0) is 15.6. The lowest BCUT2D eigenvalue weighted by Gasteiger charge is -2.40. The summed E-state index contributed by atoms with van der Waals surface area (Å²) in [7, 11) is 0. The van der Waals surface area contributed by atoms with Crippen molar-refractivity contribution in [2.24, 2.45) is 0 Å². The van der Waals surface area contributed by atoms with Crippen LogP contribution in [0.3, 0.4) is 0 Å². The number of carbonyl (C=O) groups excluding carboxylic acids is 1. The second kappa shape index (κ2) is 6.78. The Bertz CT molecular complexity index is 356. The first-order chi connectivity index (χ1) is 9.80. The van der Waals surface area contributed by atoms with Crippen molar-refractivity contribution >= 4 is 17.9 Å². The van der Waals surface area contributed by atoms with Crippen LogP contribution >= 0.6 is 11.8 Å². The summed E-state index contributed by atoms with van der Waals surface area (Å²) in [6.07, 6.45) is 6.40. The van der Waals surface area contributed by atoms with Gasteiger partial charge >= 0.3 is 6.09 Å². The van der Waals surface area contributed by atoms with Crippen LogP contribution in [0, 0.1) is 0 Å². The molecule has 2 rings (SSSR count). The van der Waals surface area contributed by atoms with E-state index in [2.05, 4.69) is 18.5 Å². The number of piperidine rings is 1. The molecular formula is C16H30N2O2S. The van der Waals surface area contributed by atoms with E-state index in [0.29, 0.717) is 24.2 Å². The minimum absolute atomic E-state index is 0.120. The average Bonchev–Trinajstić information content (AvgIpc) is 2.60. The molecule has 21 heavy (non-hydrogen) atoms. The third-order valence-electron chi connectivity index (χ3n) is 4.27. The second-order valence-electron chi connectivity index (χ2n) is 7.46. The molecule has 0 saturated carbocycles. The van der Waals surface area contributed by atoms with Crippen molar-refractivity contribution in [1.29, 1.82) is 0 Å². The molecule has 122 valence electrons. The maximum atomic E-state index is 12.4. The molecule has 0 spiro atoms. The van der Waals surface area contributed by atoms with Gasteiger partial charge in [0.1, 0.15) is 5.60 Å². The number of nitrogens with zero attached hydrogens (tertiary/aromatic N) is 1. The maximum absolute atomic E-state index is 12.4. The zero-order valence-corrected chi connectivity index (χ0v) is 14.8. The molecule has 0 aliphatic carbocycles. The fraction of sp³-hybridized carbons (Fsp3) is 0.938. The molecule has 0 aromatic rings. The summed E-state index contributed by atoms with van der Waals surface area (Å²) in [5.41, 5.74) is -0.404. The summed E-state index contributed by atoms with van der Waals surface area (Å²) in [6, 6.07) is 1.80. The number of rotatable bonds is 4. The summed E-state index contributed by atoms with van der Waals surface area (Å²) < 4.78 is 5.58. The van der Waals surface area contributed by atoms with E-state index in [1.165, 1.54) is 0 Å². The Hall–Kier alpha value is -0.420. The van der Waals surface area contributed by atoms with E-state index in [-0.39, 0.29) is 6.09 Å². The van der Waals surface area contributed by atoms with Gasteiger partial charge in [-0.25, -0.2) is 4.79 Å². The quantitative estimate of drug-likeness (QED) is 0.865. The number of fused-ring (bicyclic) bond motifs is 2. The third kappa shape index (κ3) is 4.52. The molecular weight excluding hydrogens is 284 g/mol. The number of hydrogen-bond donors (Lipinski definition) is 1. The normalized spacial score (nSPS) is 30.3. The fourth-order valence-corrected chi connectivity index (χ4v) is 4.22. The van der Waals surface area contributed by atoms with E-state index in [9.17, 15) is 4.79 Å². The minimum atomic E-state index is -0.404. The van der Waals surface area contributed by atoms with E-state index < -0.39 is 5.60 Å². The predicted molar refractivity (Wildman–Crippen MR) is 88.9 cm³/mol. The standard InChI is InChI=1S/C16H30N2O2S/c1-11(10-21-5)17-12-8-13-6-7-14(9-12)18(13)15(19)20-16(2,3)4/h11-14,17H,6-10H2,1-5H3/t11-,12?,13-,14+/m1/s1. The van der Waals surface area contributed by atoms with Gasteiger partial charge in [-0.1, -0.05) is 0 Å². The molecule has 2 aliphatic heterocycles. The van der Waals surface area contributed by atoms with Crippen LogP contribution in [0.4, 0.5) is 4.79 Å². The highest BCUT2D eigenvalue weighted by Gasteiger charge is 2.44. The fourth-order valence-electron chi connectivity index (χ4n) is 3.63. The first kappa shape index (κ1) is 16.9. The largest absolute Gasteiger partial charge is 0.444 e. The predicted octanol–water partition coefficient (Wildman–Crippen LogP) is 3.26. The third-order valence-corrected chi connectivity index (χ3v) is 5.11. The molecule has 4 nitrogen and oxygen atoms in total. The first-order valence-electron chi connectivity index (χ1n) is 8.06. The molecule has 0 aromatic heterocycles. The number of hydrogen-bond acceptors (Lipinski definition) is 4. The highest BCUT2D eigenvalue weighted by Crippen LogP contribution is 2.37. The van der Waals surface area contributed by atoms with Gasteiger partial charge in [-0.2, -0.15) is 11.8 Å². The van der Waals surface area contributed by atoms with Gasteiger partial charge in [-0.15, -0.1) is 0 Å². The van der Waals surface area contributed by atoms with E-state index in [1.807, 2.05) is 37.4 Å². The monoisotopic (exact) mass is 314 g/mol. The molecule has 1 N–H and O–H groups in total. The summed E-state index contributed by atoms with van der Waals surface area (Å²) in [5.74, 6) is 1.14. The van der Waals surface area contributed by atoms with E-state index >= 15 is 0 Å². The number of carbonyl (C=O) groups is 1. The molecule has 1 amide bonds. The molecule has 1 unspecified atom stereocenters. The van der Waals surface area contributed by atoms with Crippen LogP contribution in [-0.2, 0) is 4.74 Å². The number of nitrogens with one attached hydrogen (secondary N) is 1. The Balaban J connectivity index is 1.91. The van der Waals surface area contributed by atoms with Crippen LogP contribution in [0.25, 0.3) is 0 Å². The lowest BCUT2D eigenvalue weighted by Crippen LogP contribution is -2.54. The minimum Gasteiger partial charge on any atom is -0.444 e. The van der Waals surface area contributed by atoms with Crippen molar-refractivity contribution in [3.05, 3.63) is 0 Å². The summed E-state index contributed by atoms with van der Waals surface area (Å²) >= 11 is 1.88. The van der Waals surface area contributed by atoms with Crippen molar-refractivity contribution < 1.29 is 9.53 Å². The highest BCUT2D eigenvalue weighted by molar-refractivity contribution is 7.98. The van der Waals surface area contributed by atoms with Crippen molar-refractivity contribution in [2.75, 3.05) is 12.0 Å². The summed E-state index contributed by atoms with van der Waals surface area (Å²) in [5, 5.41) is 3.73. The molecule has 2 aliphatic rings. The van der Waals surface area contributed by atoms with Crippen LogP contribution in [-0.4, -0.2) is 52.8 Å². The molecule has 4 atom stereocenters. The molecule has 0 radical (unpaired) electrons. The van der Waals surface area contributed by atoms with E-state index in [0.717, 1.165) is 31.4 Å². The second-order valence-corrected chi connectivity index (χ2v) is 8.37. The smallest absolute Gasteiger partial charge is 0.410 e. The van der Waals surface area contributed by atoms with E-state index in [4.69, 9.17) is 4.74 Å². The zero-order valence-electron chi connectivity index (χ0n) is 14.0. The van der Waals surface area contributed by atoms with Crippen LogP contribution < -0.4 is 5.32 Å². The maximum Gasteiger partial charge on any atom is 0.410 e. The SMILES string of the molecule is CSC[C@@H](C)NC1C[C@H]2CC[C@@H](C1)N2C(=O)OC(C)(C)C. The van der Waals surface area contributed by atoms with Gasteiger partial charge in [0.25, 0.3) is 0 Å². The Kier molecular flexibility index (Phi) is 5.47. The number of ether oxygens (including phenoxy) is 1. The first-order valence-corrected chi connectivity index (χ1v) is 9.46. The van der Waals surface area contributed by atoms with Gasteiger partial charge in [0.2, 0.25) is 0 Å². The Labute approximate surface area is 133 Å². The molecule has 2 fully saturated rings. The summed E-state index contributed by atoms with van der Waals surface area (Å²) in [4.78, 5) is 14.4. The van der Waals surface area contributed by atoms with Crippen molar-refractivity contribution in [3.8, 4) is 0 Å². The molecule has 2 bridgehead atoms. The van der Waals surface area contributed by atoms with Crippen molar-refractivity contribution in [1.82, 2.24) is 10.2 Å². The highest BCUT2D eigenvalue weighted by atomic mass is 32.2. The molecule has 5 heteroatoms.